The highest BCUT2D eigenvalue weighted by molar-refractivity contribution is 5.94. The summed E-state index contributed by atoms with van der Waals surface area (Å²) in [6.45, 7) is -0.185. The molecule has 1 aromatic carbocycles. The van der Waals surface area contributed by atoms with Crippen molar-refractivity contribution < 1.29 is 18.0 Å². The second-order valence-electron chi connectivity index (χ2n) is 3.71. The molecule has 0 saturated heterocycles. The molecule has 1 rings (SSSR count). The van der Waals surface area contributed by atoms with Gasteiger partial charge in [0.2, 0.25) is 0 Å². The van der Waals surface area contributed by atoms with E-state index in [0.29, 0.717) is 0 Å². The lowest BCUT2D eigenvalue weighted by Crippen LogP contribution is -2.41. The van der Waals surface area contributed by atoms with Crippen molar-refractivity contribution >= 4 is 5.91 Å². The van der Waals surface area contributed by atoms with Crippen LogP contribution < -0.4 is 11.1 Å². The van der Waals surface area contributed by atoms with Crippen LogP contribution in [0.15, 0.2) is 18.2 Å². The molecule has 0 aliphatic carbocycles. The number of amides is 1. The predicted octanol–water partition coefficient (Wildman–Crippen LogP) is 1.46. The van der Waals surface area contributed by atoms with E-state index in [1.807, 2.05) is 5.32 Å². The SMILES string of the molecule is Cc1cc(C(=O)NCC(F)(F)CN)ccc1F. The van der Waals surface area contributed by atoms with Crippen molar-refractivity contribution in [2.75, 3.05) is 13.1 Å². The van der Waals surface area contributed by atoms with Crippen molar-refractivity contribution in [3.05, 3.63) is 35.1 Å². The Labute approximate surface area is 96.8 Å². The van der Waals surface area contributed by atoms with Crippen LogP contribution in [0.1, 0.15) is 15.9 Å². The Bertz CT molecular complexity index is 421. The molecule has 0 spiro atoms. The van der Waals surface area contributed by atoms with E-state index in [9.17, 15) is 18.0 Å². The largest absolute Gasteiger partial charge is 0.346 e. The summed E-state index contributed by atoms with van der Waals surface area (Å²) in [5.41, 5.74) is 5.24. The van der Waals surface area contributed by atoms with E-state index < -0.39 is 30.7 Å². The first-order valence-electron chi connectivity index (χ1n) is 4.98. The highest BCUT2D eigenvalue weighted by Gasteiger charge is 2.27. The van der Waals surface area contributed by atoms with E-state index in [0.717, 1.165) is 6.07 Å². The molecule has 0 saturated carbocycles. The lowest BCUT2D eigenvalue weighted by molar-refractivity contribution is 0.0118. The third kappa shape index (κ3) is 3.74. The third-order valence-electron chi connectivity index (χ3n) is 2.23. The highest BCUT2D eigenvalue weighted by atomic mass is 19.3. The molecule has 0 fully saturated rings. The Kier molecular flexibility index (Phi) is 4.11. The van der Waals surface area contributed by atoms with E-state index >= 15 is 0 Å². The number of hydrogen-bond donors (Lipinski definition) is 2. The quantitative estimate of drug-likeness (QED) is 0.845. The fourth-order valence-corrected chi connectivity index (χ4v) is 1.17. The summed E-state index contributed by atoms with van der Waals surface area (Å²) in [6.07, 6.45) is 0. The topological polar surface area (TPSA) is 55.1 Å². The zero-order valence-electron chi connectivity index (χ0n) is 9.27. The smallest absolute Gasteiger partial charge is 0.277 e. The first kappa shape index (κ1) is 13.5. The van der Waals surface area contributed by atoms with Crippen LogP contribution in [0.25, 0.3) is 0 Å². The average molecular weight is 246 g/mol. The molecular formula is C11H13F3N2O. The van der Waals surface area contributed by atoms with Gasteiger partial charge in [-0.05, 0) is 30.7 Å². The van der Waals surface area contributed by atoms with Crippen LogP contribution in [0.4, 0.5) is 13.2 Å². The van der Waals surface area contributed by atoms with Crippen LogP contribution in [-0.2, 0) is 0 Å². The van der Waals surface area contributed by atoms with E-state index in [1.54, 1.807) is 0 Å². The maximum Gasteiger partial charge on any atom is 0.277 e. The molecule has 0 aliphatic heterocycles. The molecule has 3 nitrogen and oxygen atoms in total. The molecule has 17 heavy (non-hydrogen) atoms. The molecule has 0 atom stereocenters. The number of benzene rings is 1. The zero-order chi connectivity index (χ0) is 13.1. The minimum Gasteiger partial charge on any atom is -0.346 e. The van der Waals surface area contributed by atoms with Crippen molar-refractivity contribution in [1.82, 2.24) is 5.32 Å². The molecular weight excluding hydrogens is 233 g/mol. The molecule has 0 heterocycles. The molecule has 1 amide bonds. The highest BCUT2D eigenvalue weighted by Crippen LogP contribution is 2.11. The summed E-state index contributed by atoms with van der Waals surface area (Å²) < 4.78 is 38.5. The number of carbonyl (C=O) groups is 1. The molecule has 0 radical (unpaired) electrons. The van der Waals surface area contributed by atoms with E-state index in [2.05, 4.69) is 0 Å². The summed E-state index contributed by atoms with van der Waals surface area (Å²) >= 11 is 0. The number of hydrogen-bond acceptors (Lipinski definition) is 2. The Morgan fingerprint density at radius 2 is 2.12 bits per heavy atom. The minimum absolute atomic E-state index is 0.136. The van der Waals surface area contributed by atoms with Gasteiger partial charge in [-0.3, -0.25) is 4.79 Å². The zero-order valence-corrected chi connectivity index (χ0v) is 9.27. The van der Waals surface area contributed by atoms with Gasteiger partial charge in [-0.25, -0.2) is 13.2 Å². The Morgan fingerprint density at radius 1 is 1.47 bits per heavy atom. The van der Waals surface area contributed by atoms with Gasteiger partial charge < -0.3 is 11.1 Å². The van der Waals surface area contributed by atoms with Crippen LogP contribution in [0, 0.1) is 12.7 Å². The average Bonchev–Trinajstić information content (AvgIpc) is 2.30. The lowest BCUT2D eigenvalue weighted by Gasteiger charge is -2.14. The van der Waals surface area contributed by atoms with Crippen molar-refractivity contribution in [3.63, 3.8) is 0 Å². The number of alkyl halides is 2. The van der Waals surface area contributed by atoms with Crippen LogP contribution in [-0.4, -0.2) is 24.9 Å². The van der Waals surface area contributed by atoms with Gasteiger partial charge in [0.25, 0.3) is 11.8 Å². The third-order valence-corrected chi connectivity index (χ3v) is 2.23. The number of halogens is 3. The molecule has 6 heteroatoms. The number of carbonyl (C=O) groups excluding carboxylic acids is 1. The second-order valence-corrected chi connectivity index (χ2v) is 3.71. The van der Waals surface area contributed by atoms with Gasteiger partial charge in [-0.2, -0.15) is 0 Å². The fourth-order valence-electron chi connectivity index (χ4n) is 1.17. The molecule has 1 aromatic rings. The number of nitrogens with one attached hydrogen (secondary N) is 1. The molecule has 0 aromatic heterocycles. The van der Waals surface area contributed by atoms with Crippen LogP contribution in [0.5, 0.6) is 0 Å². The lowest BCUT2D eigenvalue weighted by atomic mass is 10.1. The van der Waals surface area contributed by atoms with E-state index in [1.165, 1.54) is 19.1 Å². The molecule has 0 bridgehead atoms. The molecule has 94 valence electrons. The maximum absolute atomic E-state index is 12.9. The number of nitrogens with two attached hydrogens (primary N) is 1. The van der Waals surface area contributed by atoms with Gasteiger partial charge in [-0.1, -0.05) is 0 Å². The first-order valence-corrected chi connectivity index (χ1v) is 4.98. The normalized spacial score (nSPS) is 11.4. The van der Waals surface area contributed by atoms with Gasteiger partial charge in [0.1, 0.15) is 5.82 Å². The summed E-state index contributed by atoms with van der Waals surface area (Å²) in [7, 11) is 0. The number of rotatable bonds is 4. The van der Waals surface area contributed by atoms with Gasteiger partial charge in [0.05, 0.1) is 13.1 Å². The standard InChI is InChI=1S/C11H13F3N2O/c1-7-4-8(2-3-9(7)12)10(17)16-6-11(13,14)5-15/h2-4H,5-6,15H2,1H3,(H,16,17). The van der Waals surface area contributed by atoms with Crippen molar-refractivity contribution in [2.24, 2.45) is 5.73 Å². The van der Waals surface area contributed by atoms with Gasteiger partial charge >= 0.3 is 0 Å². The van der Waals surface area contributed by atoms with E-state index in [4.69, 9.17) is 5.73 Å². The van der Waals surface area contributed by atoms with Crippen LogP contribution in [0.3, 0.4) is 0 Å². The molecule has 0 unspecified atom stereocenters. The fraction of sp³-hybridized carbons (Fsp3) is 0.364. The number of aryl methyl sites for hydroxylation is 1. The minimum atomic E-state index is -3.13. The Hall–Kier alpha value is -1.56. The predicted molar refractivity (Wildman–Crippen MR) is 57.5 cm³/mol. The monoisotopic (exact) mass is 246 g/mol. The van der Waals surface area contributed by atoms with Crippen molar-refractivity contribution in [2.45, 2.75) is 12.8 Å². The summed E-state index contributed by atoms with van der Waals surface area (Å²) in [5.74, 6) is -4.26. The maximum atomic E-state index is 12.9. The van der Waals surface area contributed by atoms with Gasteiger partial charge in [0.15, 0.2) is 0 Å². The van der Waals surface area contributed by atoms with Crippen LogP contribution in [0.2, 0.25) is 0 Å². The Balaban J connectivity index is 2.68. The van der Waals surface area contributed by atoms with Gasteiger partial charge in [0, 0.05) is 5.56 Å². The Morgan fingerprint density at radius 3 is 2.65 bits per heavy atom. The van der Waals surface area contributed by atoms with Crippen molar-refractivity contribution in [1.29, 1.82) is 0 Å². The first-order chi connectivity index (χ1) is 7.85. The van der Waals surface area contributed by atoms with E-state index in [-0.39, 0.29) is 11.1 Å². The van der Waals surface area contributed by atoms with Crippen molar-refractivity contribution in [3.8, 4) is 0 Å². The van der Waals surface area contributed by atoms with Crippen LogP contribution >= 0.6 is 0 Å². The summed E-state index contributed by atoms with van der Waals surface area (Å²) in [6, 6.07) is 3.65. The molecule has 3 N–H and O–H groups in total. The summed E-state index contributed by atoms with van der Waals surface area (Å²) in [4.78, 5) is 11.5. The molecule has 0 aliphatic rings. The van der Waals surface area contributed by atoms with Gasteiger partial charge in [-0.15, -0.1) is 0 Å². The second kappa shape index (κ2) is 5.18. The summed E-state index contributed by atoms with van der Waals surface area (Å²) in [5, 5.41) is 2.05.